The van der Waals surface area contributed by atoms with Gasteiger partial charge in [0, 0.05) is 23.5 Å². The van der Waals surface area contributed by atoms with Crippen LogP contribution in [0.2, 0.25) is 0 Å². The van der Waals surface area contributed by atoms with Crippen molar-refractivity contribution in [3.8, 4) is 5.75 Å². The van der Waals surface area contributed by atoms with Crippen molar-refractivity contribution >= 4 is 23.6 Å². The molecule has 0 aliphatic carbocycles. The maximum atomic E-state index is 12.9. The van der Waals surface area contributed by atoms with Gasteiger partial charge in [0.25, 0.3) is 5.91 Å². The summed E-state index contributed by atoms with van der Waals surface area (Å²) in [7, 11) is 1.51. The van der Waals surface area contributed by atoms with Gasteiger partial charge in [0.05, 0.1) is 7.11 Å². The Morgan fingerprint density at radius 2 is 1.74 bits per heavy atom. The van der Waals surface area contributed by atoms with E-state index in [1.165, 1.54) is 7.11 Å². The van der Waals surface area contributed by atoms with Crippen LogP contribution in [0.15, 0.2) is 53.4 Å². The van der Waals surface area contributed by atoms with Crippen LogP contribution in [0.3, 0.4) is 0 Å². The van der Waals surface area contributed by atoms with E-state index < -0.39 is 12.1 Å². The van der Waals surface area contributed by atoms with Gasteiger partial charge in [-0.25, -0.2) is 4.79 Å². The van der Waals surface area contributed by atoms with Gasteiger partial charge in [-0.3, -0.25) is 4.79 Å². The highest BCUT2D eigenvalue weighted by atomic mass is 32.2. The molecule has 5 nitrogen and oxygen atoms in total. The summed E-state index contributed by atoms with van der Waals surface area (Å²) in [6.45, 7) is 4.88. The van der Waals surface area contributed by atoms with Gasteiger partial charge in [-0.15, -0.1) is 11.8 Å². The quantitative estimate of drug-likeness (QED) is 0.502. The molecular formula is C21H25NO4S. The molecule has 6 heteroatoms. The molecule has 0 aliphatic rings. The number of amides is 1. The maximum absolute atomic E-state index is 12.9. The van der Waals surface area contributed by atoms with Crippen molar-refractivity contribution < 1.29 is 19.1 Å². The highest BCUT2D eigenvalue weighted by Gasteiger charge is 2.29. The SMILES string of the molecule is CCN(CC)C(=O)[C@@H](OC(=O)c1ccc(SC)cc1OC)c1ccccc1. The number of carbonyl (C=O) groups excluding carboxylic acids is 2. The van der Waals surface area contributed by atoms with Gasteiger partial charge in [0.1, 0.15) is 11.3 Å². The minimum atomic E-state index is -0.997. The number of hydrogen-bond donors (Lipinski definition) is 0. The summed E-state index contributed by atoms with van der Waals surface area (Å²) >= 11 is 1.55. The molecule has 27 heavy (non-hydrogen) atoms. The summed E-state index contributed by atoms with van der Waals surface area (Å²) < 4.78 is 11.0. The van der Waals surface area contributed by atoms with Crippen LogP contribution in [-0.4, -0.2) is 43.2 Å². The van der Waals surface area contributed by atoms with Crippen molar-refractivity contribution in [2.45, 2.75) is 24.8 Å². The smallest absolute Gasteiger partial charge is 0.343 e. The summed E-state index contributed by atoms with van der Waals surface area (Å²) in [6.07, 6.45) is 0.949. The Balaban J connectivity index is 2.35. The first-order chi connectivity index (χ1) is 13.0. The monoisotopic (exact) mass is 387 g/mol. The number of likely N-dealkylation sites (N-methyl/N-ethyl adjacent to an activating group) is 1. The van der Waals surface area contributed by atoms with Crippen LogP contribution < -0.4 is 4.74 Å². The molecule has 0 spiro atoms. The average molecular weight is 388 g/mol. The van der Waals surface area contributed by atoms with E-state index in [9.17, 15) is 9.59 Å². The summed E-state index contributed by atoms with van der Waals surface area (Å²) in [5, 5.41) is 0. The molecule has 0 saturated heterocycles. The molecular weight excluding hydrogens is 362 g/mol. The van der Waals surface area contributed by atoms with Crippen LogP contribution in [0.25, 0.3) is 0 Å². The minimum absolute atomic E-state index is 0.237. The van der Waals surface area contributed by atoms with Crippen molar-refractivity contribution in [3.05, 3.63) is 59.7 Å². The highest BCUT2D eigenvalue weighted by molar-refractivity contribution is 7.98. The molecule has 2 rings (SSSR count). The standard InChI is InChI=1S/C21H25NO4S/c1-5-22(6-2)20(23)19(15-10-8-7-9-11-15)26-21(24)17-13-12-16(27-4)14-18(17)25-3/h7-14,19H,5-6H2,1-4H3/t19-/m0/s1. The molecule has 0 aromatic heterocycles. The van der Waals surface area contributed by atoms with E-state index in [4.69, 9.17) is 9.47 Å². The van der Waals surface area contributed by atoms with Gasteiger partial charge in [-0.2, -0.15) is 0 Å². The van der Waals surface area contributed by atoms with Gasteiger partial charge in [0.15, 0.2) is 0 Å². The zero-order chi connectivity index (χ0) is 19.8. The number of nitrogens with zero attached hydrogens (tertiary/aromatic N) is 1. The third-order valence-corrected chi connectivity index (χ3v) is 4.98. The number of carbonyl (C=O) groups is 2. The van der Waals surface area contributed by atoms with Gasteiger partial charge < -0.3 is 14.4 Å². The molecule has 0 unspecified atom stereocenters. The molecule has 144 valence electrons. The molecule has 0 saturated carbocycles. The summed E-state index contributed by atoms with van der Waals surface area (Å²) in [6, 6.07) is 14.3. The number of esters is 1. The number of methoxy groups -OCH3 is 1. The molecule has 0 N–H and O–H groups in total. The molecule has 2 aromatic carbocycles. The largest absolute Gasteiger partial charge is 0.496 e. The second-order valence-corrected chi connectivity index (χ2v) is 6.65. The Labute approximate surface area is 164 Å². The zero-order valence-electron chi connectivity index (χ0n) is 16.1. The number of ether oxygens (including phenoxy) is 2. The molecule has 0 heterocycles. The molecule has 0 fully saturated rings. The van der Waals surface area contributed by atoms with Gasteiger partial charge in [0.2, 0.25) is 6.10 Å². The van der Waals surface area contributed by atoms with E-state index in [-0.39, 0.29) is 5.91 Å². The first-order valence-corrected chi connectivity index (χ1v) is 10.0. The van der Waals surface area contributed by atoms with Gasteiger partial charge >= 0.3 is 5.97 Å². The fourth-order valence-corrected chi connectivity index (χ4v) is 3.16. The van der Waals surface area contributed by atoms with E-state index in [2.05, 4.69) is 0 Å². The molecule has 0 radical (unpaired) electrons. The van der Waals surface area contributed by atoms with Crippen molar-refractivity contribution in [1.82, 2.24) is 4.90 Å². The number of thioether (sulfide) groups is 1. The Morgan fingerprint density at radius 1 is 1.07 bits per heavy atom. The van der Waals surface area contributed by atoms with Crippen LogP contribution in [-0.2, 0) is 9.53 Å². The third kappa shape index (κ3) is 5.04. The lowest BCUT2D eigenvalue weighted by Crippen LogP contribution is -2.36. The third-order valence-electron chi connectivity index (χ3n) is 4.26. The fraction of sp³-hybridized carbons (Fsp3) is 0.333. The van der Waals surface area contributed by atoms with E-state index >= 15 is 0 Å². The second-order valence-electron chi connectivity index (χ2n) is 5.77. The zero-order valence-corrected chi connectivity index (χ0v) is 16.9. The van der Waals surface area contributed by atoms with Crippen LogP contribution in [0.4, 0.5) is 0 Å². The van der Waals surface area contributed by atoms with Crippen molar-refractivity contribution in [1.29, 1.82) is 0 Å². The average Bonchev–Trinajstić information content (AvgIpc) is 2.72. The number of rotatable bonds is 8. The topological polar surface area (TPSA) is 55.8 Å². The second kappa shape index (κ2) is 10.0. The first kappa shape index (κ1) is 20.8. The van der Waals surface area contributed by atoms with Gasteiger partial charge in [-0.1, -0.05) is 30.3 Å². The van der Waals surface area contributed by atoms with Crippen LogP contribution in [0.1, 0.15) is 35.9 Å². The van der Waals surface area contributed by atoms with Crippen molar-refractivity contribution in [2.75, 3.05) is 26.5 Å². The lowest BCUT2D eigenvalue weighted by Gasteiger charge is -2.25. The Hall–Kier alpha value is -2.47. The summed E-state index contributed by atoms with van der Waals surface area (Å²) in [4.78, 5) is 28.4. The molecule has 2 aromatic rings. The van der Waals surface area contributed by atoms with Crippen molar-refractivity contribution in [2.24, 2.45) is 0 Å². The van der Waals surface area contributed by atoms with Crippen LogP contribution in [0, 0.1) is 0 Å². The van der Waals surface area contributed by atoms with E-state index in [0.29, 0.717) is 30.0 Å². The van der Waals surface area contributed by atoms with Crippen molar-refractivity contribution in [3.63, 3.8) is 0 Å². The predicted octanol–water partition coefficient (Wildman–Crippen LogP) is 4.18. The summed E-state index contributed by atoms with van der Waals surface area (Å²) in [5.74, 6) is -0.401. The van der Waals surface area contributed by atoms with Crippen LogP contribution >= 0.6 is 11.8 Å². The predicted molar refractivity (Wildman–Crippen MR) is 107 cm³/mol. The Kier molecular flexibility index (Phi) is 7.73. The lowest BCUT2D eigenvalue weighted by molar-refractivity contribution is -0.140. The molecule has 0 aliphatic heterocycles. The molecule has 0 bridgehead atoms. The normalized spacial score (nSPS) is 11.6. The van der Waals surface area contributed by atoms with E-state index in [1.54, 1.807) is 40.9 Å². The van der Waals surface area contributed by atoms with E-state index in [0.717, 1.165) is 4.90 Å². The fourth-order valence-electron chi connectivity index (χ4n) is 2.73. The molecule has 1 atom stereocenters. The number of hydrogen-bond acceptors (Lipinski definition) is 5. The molecule has 1 amide bonds. The van der Waals surface area contributed by atoms with Gasteiger partial charge in [-0.05, 0) is 38.3 Å². The first-order valence-electron chi connectivity index (χ1n) is 8.82. The minimum Gasteiger partial charge on any atom is -0.496 e. The number of benzene rings is 2. The maximum Gasteiger partial charge on any atom is 0.343 e. The highest BCUT2D eigenvalue weighted by Crippen LogP contribution is 2.28. The van der Waals surface area contributed by atoms with E-state index in [1.807, 2.05) is 44.4 Å². The summed E-state index contributed by atoms with van der Waals surface area (Å²) in [5.41, 5.74) is 0.936. The lowest BCUT2D eigenvalue weighted by atomic mass is 10.1. The Morgan fingerprint density at radius 3 is 2.30 bits per heavy atom. The van der Waals surface area contributed by atoms with Crippen LogP contribution in [0.5, 0.6) is 5.75 Å². The Bertz CT molecular complexity index is 775.